The van der Waals surface area contributed by atoms with Gasteiger partial charge < -0.3 is 24.7 Å². The van der Waals surface area contributed by atoms with Crippen molar-refractivity contribution in [2.45, 2.75) is 64.7 Å². The maximum Gasteiger partial charge on any atom is 0.167 e. The smallest absolute Gasteiger partial charge is 0.167 e. The van der Waals surface area contributed by atoms with E-state index in [1.165, 1.54) is 29.6 Å². The van der Waals surface area contributed by atoms with E-state index in [1.54, 1.807) is 20.3 Å². The molecule has 0 aliphatic heterocycles. The van der Waals surface area contributed by atoms with Gasteiger partial charge in [-0.3, -0.25) is 9.59 Å². The molecule has 7 nitrogen and oxygen atoms in total. The fourth-order valence-electron chi connectivity index (χ4n) is 9.18. The monoisotopic (exact) mass is 763 g/mol. The van der Waals surface area contributed by atoms with Crippen LogP contribution in [0, 0.1) is 29.1 Å². The highest BCUT2D eigenvalue weighted by Gasteiger charge is 2.44. The molecule has 2 unspecified atom stereocenters. The lowest BCUT2D eigenvalue weighted by atomic mass is 9.67. The van der Waals surface area contributed by atoms with E-state index in [1.807, 2.05) is 48.6 Å². The molecule has 0 bridgehead atoms. The van der Waals surface area contributed by atoms with Gasteiger partial charge in [-0.1, -0.05) is 61.1 Å². The van der Waals surface area contributed by atoms with Gasteiger partial charge in [-0.2, -0.15) is 0 Å². The Hall–Kier alpha value is -5.52. The number of benzene rings is 3. The van der Waals surface area contributed by atoms with Gasteiger partial charge in [-0.15, -0.1) is 5.73 Å². The predicted molar refractivity (Wildman–Crippen MR) is 227 cm³/mol. The summed E-state index contributed by atoms with van der Waals surface area (Å²) in [6, 6.07) is 15.4. The number of nitrogen functional groups attached to an aromatic ring is 1. The number of carbonyl (C=O) groups is 2. The molecule has 1 saturated carbocycles. The third kappa shape index (κ3) is 8.45. The molecule has 0 saturated heterocycles. The SMILES string of the molecule is COc1cc2c(cc1OCCCOc1cc3c(cc1OC)C(=O)CCC1C=C(c4ccc(N)cc4)C[C@H]1/C=C/C=C/3)C=C=C[C@@H]1CC(C)(C3CC3)CC=C1CC2=O. The average Bonchev–Trinajstić information content (AvgIpc) is 4.00. The molecule has 5 aliphatic rings. The standard InChI is InChI=1S/C50H53NO6/c1-50(40-15-16-40)21-20-35-26-45(53)43-30-47(55-3)49(28-37(43)10-6-11-38(35)31-50)57-23-7-22-56-48-27-36-9-5-4-8-33-24-39(32-12-17-41(51)18-13-32)25-34(33)14-19-44(52)42(36)29-46(48)54-2/h4-5,8-13,17-18,20,25,27-30,33-34,38,40H,7,14-16,19,21-24,26,31,51H2,1-3H3/b8-4+,9-5+/t6?,33-,34?,38-,50?/m1/s1. The molecule has 5 aliphatic carbocycles. The molecule has 3 aromatic carbocycles. The number of nitrogens with two attached hydrogens (primary N) is 1. The second kappa shape index (κ2) is 16.5. The third-order valence-electron chi connectivity index (χ3n) is 12.7. The van der Waals surface area contributed by atoms with E-state index >= 15 is 0 Å². The van der Waals surface area contributed by atoms with Crippen molar-refractivity contribution in [1.29, 1.82) is 0 Å². The number of carbonyl (C=O) groups excluding carboxylic acids is 2. The van der Waals surface area contributed by atoms with Crippen molar-refractivity contribution in [2.75, 3.05) is 33.2 Å². The normalized spacial score (nSPS) is 25.1. The zero-order chi connectivity index (χ0) is 39.5. The Kier molecular flexibility index (Phi) is 11.1. The Morgan fingerprint density at radius 2 is 1.53 bits per heavy atom. The first-order valence-corrected chi connectivity index (χ1v) is 20.5. The Morgan fingerprint density at radius 1 is 0.825 bits per heavy atom. The molecule has 2 N–H and O–H groups in total. The largest absolute Gasteiger partial charge is 0.493 e. The molecule has 0 radical (unpaired) electrons. The molecule has 0 spiro atoms. The van der Waals surface area contributed by atoms with Crippen LogP contribution in [0.4, 0.5) is 5.69 Å². The number of ether oxygens (including phenoxy) is 4. The van der Waals surface area contributed by atoms with Gasteiger partial charge in [0, 0.05) is 42.0 Å². The molecule has 57 heavy (non-hydrogen) atoms. The third-order valence-corrected chi connectivity index (χ3v) is 12.7. The summed E-state index contributed by atoms with van der Waals surface area (Å²) in [6.07, 6.45) is 24.9. The van der Waals surface area contributed by atoms with Gasteiger partial charge in [0.2, 0.25) is 0 Å². The van der Waals surface area contributed by atoms with Crippen molar-refractivity contribution in [3.63, 3.8) is 0 Å². The topological polar surface area (TPSA) is 97.1 Å². The van der Waals surface area contributed by atoms with Crippen LogP contribution < -0.4 is 24.7 Å². The highest BCUT2D eigenvalue weighted by molar-refractivity contribution is 6.02. The number of Topliss-reactive ketones (excluding diaryl/α,β-unsaturated/α-hetero) is 2. The van der Waals surface area contributed by atoms with Crippen molar-refractivity contribution in [2.24, 2.45) is 29.1 Å². The fraction of sp³-hybridized carbons (Fsp3) is 0.380. The molecule has 0 amide bonds. The molecule has 0 aromatic heterocycles. The molecule has 4 atom stereocenters. The summed E-state index contributed by atoms with van der Waals surface area (Å²) in [5, 5.41) is 0. The van der Waals surface area contributed by atoms with E-state index in [9.17, 15) is 9.59 Å². The zero-order valence-electron chi connectivity index (χ0n) is 33.4. The summed E-state index contributed by atoms with van der Waals surface area (Å²) < 4.78 is 23.9. The van der Waals surface area contributed by atoms with Crippen molar-refractivity contribution < 1.29 is 28.5 Å². The summed E-state index contributed by atoms with van der Waals surface area (Å²) >= 11 is 0. The predicted octanol–water partition coefficient (Wildman–Crippen LogP) is 10.9. The van der Waals surface area contributed by atoms with Crippen LogP contribution in [-0.2, 0) is 0 Å². The first-order valence-electron chi connectivity index (χ1n) is 20.5. The molecular formula is C50H53NO6. The number of ketones is 2. The Bertz CT molecular complexity index is 2230. The second-order valence-corrected chi connectivity index (χ2v) is 16.6. The van der Waals surface area contributed by atoms with E-state index in [0.29, 0.717) is 77.9 Å². The fourth-order valence-corrected chi connectivity index (χ4v) is 9.18. The number of allylic oxidation sites excluding steroid dienone is 8. The van der Waals surface area contributed by atoms with E-state index in [2.05, 4.69) is 55.2 Å². The van der Waals surface area contributed by atoms with E-state index in [4.69, 9.17) is 24.7 Å². The number of rotatable bonds is 10. The van der Waals surface area contributed by atoms with Crippen LogP contribution in [-0.4, -0.2) is 39.0 Å². The van der Waals surface area contributed by atoms with Gasteiger partial charge in [-0.05, 0) is 133 Å². The summed E-state index contributed by atoms with van der Waals surface area (Å²) in [4.78, 5) is 27.4. The van der Waals surface area contributed by atoms with Crippen LogP contribution in [0.1, 0.15) is 102 Å². The van der Waals surface area contributed by atoms with Gasteiger partial charge >= 0.3 is 0 Å². The van der Waals surface area contributed by atoms with Gasteiger partial charge in [0.25, 0.3) is 0 Å². The van der Waals surface area contributed by atoms with E-state index < -0.39 is 0 Å². The van der Waals surface area contributed by atoms with Crippen molar-refractivity contribution >= 4 is 35.0 Å². The minimum absolute atomic E-state index is 0.0860. The highest BCUT2D eigenvalue weighted by Crippen LogP contribution is 2.55. The summed E-state index contributed by atoms with van der Waals surface area (Å²) in [5.74, 6) is 3.99. The lowest BCUT2D eigenvalue weighted by Crippen LogP contribution is -2.27. The first kappa shape index (κ1) is 38.4. The maximum atomic E-state index is 13.7. The van der Waals surface area contributed by atoms with Crippen molar-refractivity contribution in [3.05, 3.63) is 124 Å². The molecular weight excluding hydrogens is 711 g/mol. The number of hydrogen-bond donors (Lipinski definition) is 1. The Balaban J connectivity index is 0.915. The van der Waals surface area contributed by atoms with Crippen LogP contribution in [0.25, 0.3) is 17.7 Å². The van der Waals surface area contributed by atoms with Gasteiger partial charge in [-0.25, -0.2) is 0 Å². The quantitative estimate of drug-likeness (QED) is 0.0950. The molecule has 8 rings (SSSR count). The van der Waals surface area contributed by atoms with E-state index in [-0.39, 0.29) is 23.4 Å². The first-order chi connectivity index (χ1) is 27.7. The van der Waals surface area contributed by atoms with Gasteiger partial charge in [0.1, 0.15) is 0 Å². The number of methoxy groups -OCH3 is 2. The van der Waals surface area contributed by atoms with Gasteiger partial charge in [0.15, 0.2) is 34.6 Å². The zero-order valence-corrected chi connectivity index (χ0v) is 33.4. The van der Waals surface area contributed by atoms with Gasteiger partial charge in [0.05, 0.1) is 27.4 Å². The number of fused-ring (bicyclic) bond motifs is 4. The maximum absolute atomic E-state index is 13.7. The minimum atomic E-state index is 0.0860. The molecule has 7 heteroatoms. The molecule has 294 valence electrons. The lowest BCUT2D eigenvalue weighted by molar-refractivity contribution is 0.0970. The lowest BCUT2D eigenvalue weighted by Gasteiger charge is -2.37. The van der Waals surface area contributed by atoms with Crippen LogP contribution in [0.5, 0.6) is 23.0 Å². The Morgan fingerprint density at radius 3 is 2.23 bits per heavy atom. The van der Waals surface area contributed by atoms with Crippen LogP contribution >= 0.6 is 0 Å². The van der Waals surface area contributed by atoms with Crippen LogP contribution in [0.15, 0.2) is 96.3 Å². The number of hydrogen-bond acceptors (Lipinski definition) is 7. The highest BCUT2D eigenvalue weighted by atomic mass is 16.5. The van der Waals surface area contributed by atoms with Crippen molar-refractivity contribution in [1.82, 2.24) is 0 Å². The summed E-state index contributed by atoms with van der Waals surface area (Å²) in [6.45, 7) is 3.14. The molecule has 0 heterocycles. The molecule has 3 aromatic rings. The minimum Gasteiger partial charge on any atom is -0.493 e. The molecule has 1 fully saturated rings. The summed E-state index contributed by atoms with van der Waals surface area (Å²) in [7, 11) is 3.19. The van der Waals surface area contributed by atoms with E-state index in [0.717, 1.165) is 48.4 Å². The number of anilines is 1. The second-order valence-electron chi connectivity index (χ2n) is 16.6. The van der Waals surface area contributed by atoms with Crippen LogP contribution in [0.3, 0.4) is 0 Å². The van der Waals surface area contributed by atoms with Crippen molar-refractivity contribution in [3.8, 4) is 23.0 Å². The summed E-state index contributed by atoms with van der Waals surface area (Å²) in [5.41, 5.74) is 16.9. The van der Waals surface area contributed by atoms with Crippen LogP contribution in [0.2, 0.25) is 0 Å². The Labute approximate surface area is 336 Å². The average molecular weight is 764 g/mol.